The number of benzene rings is 2. The molecule has 0 nitrogen and oxygen atoms in total. The van der Waals surface area contributed by atoms with Crippen LogP contribution in [0.15, 0.2) is 46.9 Å². The van der Waals surface area contributed by atoms with Crippen LogP contribution >= 0.6 is 39.1 Å². The third-order valence-corrected chi connectivity index (χ3v) is 5.25. The molecular weight excluding hydrogens is 381 g/mol. The van der Waals surface area contributed by atoms with Crippen molar-refractivity contribution in [1.82, 2.24) is 0 Å². The number of halogens is 5. The van der Waals surface area contributed by atoms with E-state index in [0.29, 0.717) is 0 Å². The summed E-state index contributed by atoms with van der Waals surface area (Å²) in [6.45, 7) is 0. The van der Waals surface area contributed by atoms with Crippen molar-refractivity contribution in [3.05, 3.63) is 69.7 Å². The van der Waals surface area contributed by atoms with Gasteiger partial charge >= 0.3 is 0 Å². The Labute approximate surface area is 141 Å². The fourth-order valence-electron chi connectivity index (χ4n) is 2.30. The van der Waals surface area contributed by atoms with E-state index >= 15 is 0 Å². The molecule has 21 heavy (non-hydrogen) atoms. The second-order valence-electron chi connectivity index (χ2n) is 4.90. The van der Waals surface area contributed by atoms with Gasteiger partial charge in [0, 0.05) is 27.2 Å². The Kier molecular flexibility index (Phi) is 5.64. The molecule has 112 valence electrons. The summed E-state index contributed by atoms with van der Waals surface area (Å²) in [6.07, 6.45) is 0.0983. The molecule has 0 spiro atoms. The second kappa shape index (κ2) is 7.08. The Bertz CT molecular complexity index is 607. The van der Waals surface area contributed by atoms with E-state index in [1.807, 2.05) is 24.3 Å². The van der Waals surface area contributed by atoms with E-state index in [1.54, 1.807) is 0 Å². The molecule has 0 aliphatic rings. The summed E-state index contributed by atoms with van der Waals surface area (Å²) in [6, 6.07) is 11.3. The van der Waals surface area contributed by atoms with Gasteiger partial charge in [0.2, 0.25) is 0 Å². The molecule has 0 amide bonds. The van der Waals surface area contributed by atoms with Gasteiger partial charge in [-0.25, -0.2) is 8.78 Å². The SMILES string of the molecule is Fc1cccc(F)c1CC(CCl)(CCl)c1ccccc1Br. The first-order valence-electron chi connectivity index (χ1n) is 6.34. The smallest absolute Gasteiger partial charge is 0.129 e. The zero-order valence-electron chi connectivity index (χ0n) is 11.1. The van der Waals surface area contributed by atoms with Crippen LogP contribution in [0, 0.1) is 11.6 Å². The molecule has 0 saturated carbocycles. The predicted molar refractivity (Wildman–Crippen MR) is 87.3 cm³/mol. The summed E-state index contributed by atoms with van der Waals surface area (Å²) in [4.78, 5) is 0. The van der Waals surface area contributed by atoms with Gasteiger partial charge in [-0.05, 0) is 30.2 Å². The molecule has 0 aromatic heterocycles. The van der Waals surface area contributed by atoms with Crippen LogP contribution in [0.5, 0.6) is 0 Å². The molecule has 0 aliphatic heterocycles. The third-order valence-electron chi connectivity index (χ3n) is 3.53. The van der Waals surface area contributed by atoms with E-state index < -0.39 is 17.0 Å². The molecule has 5 heteroatoms. The van der Waals surface area contributed by atoms with E-state index in [2.05, 4.69) is 15.9 Å². The summed E-state index contributed by atoms with van der Waals surface area (Å²) in [5.41, 5.74) is 0.110. The van der Waals surface area contributed by atoms with Crippen molar-refractivity contribution in [2.24, 2.45) is 0 Å². The molecule has 0 aliphatic carbocycles. The third kappa shape index (κ3) is 3.41. The van der Waals surface area contributed by atoms with Crippen molar-refractivity contribution >= 4 is 39.1 Å². The van der Waals surface area contributed by atoms with E-state index in [1.165, 1.54) is 18.2 Å². The zero-order valence-corrected chi connectivity index (χ0v) is 14.2. The maximum atomic E-state index is 13.9. The summed E-state index contributed by atoms with van der Waals surface area (Å²) >= 11 is 15.7. The fourth-order valence-corrected chi connectivity index (χ4v) is 3.77. The Morgan fingerprint density at radius 3 is 2.00 bits per heavy atom. The number of hydrogen-bond acceptors (Lipinski definition) is 0. The molecule has 0 saturated heterocycles. The highest BCUT2D eigenvalue weighted by Gasteiger charge is 2.34. The Balaban J connectivity index is 2.51. The molecule has 0 heterocycles. The van der Waals surface area contributed by atoms with Gasteiger partial charge in [-0.15, -0.1) is 23.2 Å². The second-order valence-corrected chi connectivity index (χ2v) is 6.29. The number of hydrogen-bond donors (Lipinski definition) is 0. The van der Waals surface area contributed by atoms with Gasteiger partial charge in [0.05, 0.1) is 0 Å². The Morgan fingerprint density at radius 1 is 0.905 bits per heavy atom. The van der Waals surface area contributed by atoms with Crippen LogP contribution in [0.4, 0.5) is 8.78 Å². The molecule has 2 aromatic carbocycles. The van der Waals surface area contributed by atoms with Crippen molar-refractivity contribution in [2.75, 3.05) is 11.8 Å². The number of rotatable bonds is 5. The van der Waals surface area contributed by atoms with Gasteiger partial charge in [0.25, 0.3) is 0 Å². The lowest BCUT2D eigenvalue weighted by molar-refractivity contribution is 0.482. The van der Waals surface area contributed by atoms with E-state index in [0.717, 1.165) is 10.0 Å². The molecule has 0 unspecified atom stereocenters. The lowest BCUT2D eigenvalue weighted by atomic mass is 9.78. The molecule has 0 atom stereocenters. The summed E-state index contributed by atoms with van der Waals surface area (Å²) in [5, 5.41) is 0. The minimum Gasteiger partial charge on any atom is -0.207 e. The van der Waals surface area contributed by atoms with Gasteiger partial charge in [-0.1, -0.05) is 40.2 Å². The zero-order chi connectivity index (χ0) is 15.5. The first-order chi connectivity index (χ1) is 10.0. The van der Waals surface area contributed by atoms with Gasteiger partial charge in [-0.3, -0.25) is 0 Å². The molecule has 2 aromatic rings. The van der Waals surface area contributed by atoms with Gasteiger partial charge in [-0.2, -0.15) is 0 Å². The van der Waals surface area contributed by atoms with Crippen LogP contribution in [0.2, 0.25) is 0 Å². The fraction of sp³-hybridized carbons (Fsp3) is 0.250. The average molecular weight is 394 g/mol. The maximum absolute atomic E-state index is 13.9. The van der Waals surface area contributed by atoms with Gasteiger partial charge < -0.3 is 0 Å². The highest BCUT2D eigenvalue weighted by molar-refractivity contribution is 9.10. The quantitative estimate of drug-likeness (QED) is 0.572. The van der Waals surface area contributed by atoms with Crippen LogP contribution in [0.1, 0.15) is 11.1 Å². The minimum atomic E-state index is -0.744. The molecule has 0 N–H and O–H groups in total. The van der Waals surface area contributed by atoms with Crippen molar-refractivity contribution in [2.45, 2.75) is 11.8 Å². The molecule has 2 rings (SSSR count). The maximum Gasteiger partial charge on any atom is 0.129 e. The van der Waals surface area contributed by atoms with Crippen LogP contribution in [0.25, 0.3) is 0 Å². The van der Waals surface area contributed by atoms with E-state index in [-0.39, 0.29) is 23.7 Å². The van der Waals surface area contributed by atoms with Crippen LogP contribution in [-0.2, 0) is 11.8 Å². The van der Waals surface area contributed by atoms with Crippen molar-refractivity contribution < 1.29 is 8.78 Å². The first kappa shape index (κ1) is 16.7. The monoisotopic (exact) mass is 392 g/mol. The average Bonchev–Trinajstić information content (AvgIpc) is 2.49. The van der Waals surface area contributed by atoms with Gasteiger partial charge in [0.1, 0.15) is 11.6 Å². The van der Waals surface area contributed by atoms with Crippen molar-refractivity contribution in [3.8, 4) is 0 Å². The van der Waals surface area contributed by atoms with E-state index in [4.69, 9.17) is 23.2 Å². The minimum absolute atomic E-state index is 0.00885. The molecular formula is C16H13BrCl2F2. The van der Waals surface area contributed by atoms with Gasteiger partial charge in [0.15, 0.2) is 0 Å². The summed E-state index contributed by atoms with van der Waals surface area (Å²) < 4.78 is 28.7. The number of alkyl halides is 2. The standard InChI is InChI=1S/C16H13BrCl2F2/c17-13-5-2-1-4-12(13)16(9-18,10-19)8-11-14(20)6-3-7-15(11)21/h1-7H,8-10H2. The Morgan fingerprint density at radius 2 is 1.48 bits per heavy atom. The van der Waals surface area contributed by atoms with Crippen molar-refractivity contribution in [3.63, 3.8) is 0 Å². The Hall–Kier alpha value is -0.640. The highest BCUT2D eigenvalue weighted by Crippen LogP contribution is 2.37. The van der Waals surface area contributed by atoms with Crippen LogP contribution in [0.3, 0.4) is 0 Å². The predicted octanol–water partition coefficient (Wildman–Crippen LogP) is 5.69. The lowest BCUT2D eigenvalue weighted by Crippen LogP contribution is -2.34. The topological polar surface area (TPSA) is 0 Å². The first-order valence-corrected chi connectivity index (χ1v) is 8.20. The van der Waals surface area contributed by atoms with Crippen molar-refractivity contribution in [1.29, 1.82) is 0 Å². The molecule has 0 radical (unpaired) electrons. The van der Waals surface area contributed by atoms with Crippen LogP contribution < -0.4 is 0 Å². The lowest BCUT2D eigenvalue weighted by Gasteiger charge is -2.31. The largest absolute Gasteiger partial charge is 0.207 e. The normalized spacial score (nSPS) is 11.7. The van der Waals surface area contributed by atoms with E-state index in [9.17, 15) is 8.78 Å². The summed E-state index contributed by atoms with van der Waals surface area (Å²) in [5.74, 6) is -0.844. The molecule has 0 fully saturated rings. The molecule has 0 bridgehead atoms. The highest BCUT2D eigenvalue weighted by atomic mass is 79.9. The summed E-state index contributed by atoms with van der Waals surface area (Å²) in [7, 11) is 0. The van der Waals surface area contributed by atoms with Crippen LogP contribution in [-0.4, -0.2) is 11.8 Å².